The maximum Gasteiger partial charge on any atom is 0.317 e. The van der Waals surface area contributed by atoms with E-state index < -0.39 is 22.8 Å². The van der Waals surface area contributed by atoms with Crippen molar-refractivity contribution in [3.05, 3.63) is 71.8 Å². The van der Waals surface area contributed by atoms with Gasteiger partial charge in [0.25, 0.3) is 0 Å². The Kier molecular flexibility index (Phi) is 3.28. The van der Waals surface area contributed by atoms with E-state index in [0.29, 0.717) is 0 Å². The highest BCUT2D eigenvalue weighted by Gasteiger charge is 2.68. The fourth-order valence-electron chi connectivity index (χ4n) is 3.52. The summed E-state index contributed by atoms with van der Waals surface area (Å²) in [6.45, 7) is 1.42. The predicted molar refractivity (Wildman–Crippen MR) is 84.5 cm³/mol. The first kappa shape index (κ1) is 15.3. The van der Waals surface area contributed by atoms with Crippen LogP contribution in [0.4, 0.5) is 0 Å². The molecule has 124 valence electrons. The van der Waals surface area contributed by atoms with Gasteiger partial charge in [-0.05, 0) is 18.1 Å². The molecule has 24 heavy (non-hydrogen) atoms. The van der Waals surface area contributed by atoms with Crippen molar-refractivity contribution in [1.29, 1.82) is 0 Å². The first-order valence-corrected chi connectivity index (χ1v) is 7.88. The minimum Gasteiger partial charge on any atom is -0.459 e. The average Bonchev–Trinajstić information content (AvgIpc) is 2.86. The Morgan fingerprint density at radius 2 is 1.46 bits per heavy atom. The van der Waals surface area contributed by atoms with Gasteiger partial charge in [0.2, 0.25) is 5.79 Å². The van der Waals surface area contributed by atoms with E-state index in [0.717, 1.165) is 11.1 Å². The summed E-state index contributed by atoms with van der Waals surface area (Å²) in [5, 5.41) is 10.7. The van der Waals surface area contributed by atoms with Crippen LogP contribution < -0.4 is 0 Å². The summed E-state index contributed by atoms with van der Waals surface area (Å²) in [6, 6.07) is 19.1. The van der Waals surface area contributed by atoms with Gasteiger partial charge in [0, 0.05) is 6.42 Å². The highest BCUT2D eigenvalue weighted by Crippen LogP contribution is 2.55. The number of hydrogen-bond donors (Lipinski definition) is 1. The normalized spacial score (nSPS) is 31.3. The van der Waals surface area contributed by atoms with Gasteiger partial charge >= 0.3 is 5.97 Å². The Bertz CT molecular complexity index is 720. The van der Waals surface area contributed by atoms with Crippen LogP contribution in [-0.2, 0) is 24.9 Å². The first-order valence-electron chi connectivity index (χ1n) is 7.88. The highest BCUT2D eigenvalue weighted by molar-refractivity contribution is 5.80. The summed E-state index contributed by atoms with van der Waals surface area (Å²) in [7, 11) is 0. The molecule has 0 bridgehead atoms. The SMILES string of the molecule is CC12CC(c3ccccc3)(c3ccccc3)OOC1(O)COC2=O. The third-order valence-electron chi connectivity index (χ3n) is 5.12. The van der Waals surface area contributed by atoms with Gasteiger partial charge in [-0.25, -0.2) is 4.89 Å². The van der Waals surface area contributed by atoms with E-state index in [2.05, 4.69) is 0 Å². The standard InChI is InChI=1S/C19H18O5/c1-17-12-18(14-8-4-2-5-9-14,15-10-6-3-7-11-15)23-24-19(17,21)13-22-16(17)20/h2-11,21H,12-13H2,1H3. The zero-order chi connectivity index (χ0) is 16.8. The quantitative estimate of drug-likeness (QED) is 0.679. The molecule has 4 rings (SSSR count). The van der Waals surface area contributed by atoms with Crippen molar-refractivity contribution in [2.45, 2.75) is 24.7 Å². The molecule has 0 aliphatic carbocycles. The van der Waals surface area contributed by atoms with E-state index in [1.807, 2.05) is 60.7 Å². The van der Waals surface area contributed by atoms with E-state index in [1.54, 1.807) is 6.92 Å². The lowest BCUT2D eigenvalue weighted by molar-refractivity contribution is -0.502. The van der Waals surface area contributed by atoms with Gasteiger partial charge < -0.3 is 9.84 Å². The number of benzene rings is 2. The topological polar surface area (TPSA) is 65.0 Å². The Morgan fingerprint density at radius 3 is 2.00 bits per heavy atom. The fourth-order valence-corrected chi connectivity index (χ4v) is 3.52. The van der Waals surface area contributed by atoms with Crippen molar-refractivity contribution in [3.8, 4) is 0 Å². The van der Waals surface area contributed by atoms with Gasteiger partial charge in [0.05, 0.1) is 0 Å². The van der Waals surface area contributed by atoms with E-state index >= 15 is 0 Å². The third-order valence-corrected chi connectivity index (χ3v) is 5.12. The molecule has 5 nitrogen and oxygen atoms in total. The molecule has 0 saturated carbocycles. The average molecular weight is 326 g/mol. The zero-order valence-electron chi connectivity index (χ0n) is 13.3. The summed E-state index contributed by atoms with van der Waals surface area (Å²) < 4.78 is 5.08. The molecule has 2 aromatic rings. The second-order valence-corrected chi connectivity index (χ2v) is 6.60. The first-order chi connectivity index (χ1) is 11.5. The van der Waals surface area contributed by atoms with Gasteiger partial charge in [-0.3, -0.25) is 4.79 Å². The summed E-state index contributed by atoms with van der Waals surface area (Å²) >= 11 is 0. The molecule has 2 fully saturated rings. The summed E-state index contributed by atoms with van der Waals surface area (Å²) in [5.74, 6) is -2.26. The van der Waals surface area contributed by atoms with Crippen LogP contribution >= 0.6 is 0 Å². The third kappa shape index (κ3) is 1.95. The molecule has 5 heteroatoms. The summed E-state index contributed by atoms with van der Waals surface area (Å²) in [4.78, 5) is 23.6. The van der Waals surface area contributed by atoms with E-state index in [4.69, 9.17) is 14.5 Å². The van der Waals surface area contributed by atoms with Gasteiger partial charge in [0.15, 0.2) is 5.60 Å². The minimum atomic E-state index is -1.78. The number of esters is 1. The predicted octanol–water partition coefficient (Wildman–Crippen LogP) is 2.53. The van der Waals surface area contributed by atoms with Gasteiger partial charge in [-0.1, -0.05) is 60.7 Å². The second kappa shape index (κ2) is 5.14. The van der Waals surface area contributed by atoms with E-state index in [9.17, 15) is 9.90 Å². The van der Waals surface area contributed by atoms with Gasteiger partial charge in [-0.2, -0.15) is 4.89 Å². The molecule has 2 aliphatic rings. The Hall–Kier alpha value is -2.21. The van der Waals surface area contributed by atoms with Crippen molar-refractivity contribution in [2.24, 2.45) is 5.41 Å². The van der Waals surface area contributed by atoms with E-state index in [-0.39, 0.29) is 13.0 Å². The van der Waals surface area contributed by atoms with Crippen LogP contribution in [0.2, 0.25) is 0 Å². The minimum absolute atomic E-state index is 0.212. The number of rotatable bonds is 2. The molecule has 2 unspecified atom stereocenters. The number of carbonyl (C=O) groups is 1. The summed E-state index contributed by atoms with van der Waals surface area (Å²) in [6.07, 6.45) is 0.212. The monoisotopic (exact) mass is 326 g/mol. The number of fused-ring (bicyclic) bond motifs is 1. The lowest BCUT2D eigenvalue weighted by Crippen LogP contribution is -2.58. The number of carbonyl (C=O) groups excluding carboxylic acids is 1. The Balaban J connectivity index is 1.89. The zero-order valence-corrected chi connectivity index (χ0v) is 13.3. The van der Waals surface area contributed by atoms with Crippen LogP contribution in [0.5, 0.6) is 0 Å². The van der Waals surface area contributed by atoms with Crippen molar-refractivity contribution in [2.75, 3.05) is 6.61 Å². The van der Waals surface area contributed by atoms with Crippen LogP contribution in [-0.4, -0.2) is 23.5 Å². The molecule has 2 aliphatic heterocycles. The smallest absolute Gasteiger partial charge is 0.317 e. The molecule has 0 spiro atoms. The molecule has 2 heterocycles. The molecule has 1 N–H and O–H groups in total. The second-order valence-electron chi connectivity index (χ2n) is 6.60. The largest absolute Gasteiger partial charge is 0.459 e. The number of ether oxygens (including phenoxy) is 1. The van der Waals surface area contributed by atoms with Crippen LogP contribution in [0.3, 0.4) is 0 Å². The van der Waals surface area contributed by atoms with Crippen molar-refractivity contribution in [1.82, 2.24) is 0 Å². The maximum atomic E-state index is 12.4. The number of aliphatic hydroxyl groups is 1. The molecule has 2 saturated heterocycles. The maximum absolute atomic E-state index is 12.4. The molecular formula is C19H18O5. The van der Waals surface area contributed by atoms with Gasteiger partial charge in [0.1, 0.15) is 12.0 Å². The molecule has 0 aromatic heterocycles. The molecular weight excluding hydrogens is 308 g/mol. The summed E-state index contributed by atoms with van der Waals surface area (Å²) in [5.41, 5.74) is -0.539. The Morgan fingerprint density at radius 1 is 0.917 bits per heavy atom. The highest BCUT2D eigenvalue weighted by atomic mass is 17.2. The molecule has 0 amide bonds. The molecule has 2 atom stereocenters. The van der Waals surface area contributed by atoms with Crippen molar-refractivity contribution in [3.63, 3.8) is 0 Å². The van der Waals surface area contributed by atoms with Crippen molar-refractivity contribution < 1.29 is 24.4 Å². The lowest BCUT2D eigenvalue weighted by atomic mass is 9.68. The van der Waals surface area contributed by atoms with Crippen LogP contribution in [0.1, 0.15) is 24.5 Å². The Labute approximate surface area is 139 Å². The number of hydrogen-bond acceptors (Lipinski definition) is 5. The van der Waals surface area contributed by atoms with Crippen LogP contribution in [0, 0.1) is 5.41 Å². The van der Waals surface area contributed by atoms with E-state index in [1.165, 1.54) is 0 Å². The van der Waals surface area contributed by atoms with Crippen molar-refractivity contribution >= 4 is 5.97 Å². The van der Waals surface area contributed by atoms with Crippen LogP contribution in [0.25, 0.3) is 0 Å². The lowest BCUT2D eigenvalue weighted by Gasteiger charge is -2.47. The molecule has 0 radical (unpaired) electrons. The fraction of sp³-hybridized carbons (Fsp3) is 0.316. The number of cyclic esters (lactones) is 1. The van der Waals surface area contributed by atoms with Gasteiger partial charge in [-0.15, -0.1) is 0 Å². The molecule has 2 aromatic carbocycles. The van der Waals surface area contributed by atoms with Crippen LogP contribution in [0.15, 0.2) is 60.7 Å².